The van der Waals surface area contributed by atoms with E-state index in [0.717, 1.165) is 0 Å². The zero-order valence-corrected chi connectivity index (χ0v) is 9.88. The van der Waals surface area contributed by atoms with Gasteiger partial charge >= 0.3 is 0 Å². The molecule has 5 heteroatoms. The van der Waals surface area contributed by atoms with Gasteiger partial charge in [-0.05, 0) is 31.2 Å². The van der Waals surface area contributed by atoms with Crippen molar-refractivity contribution in [1.82, 2.24) is 9.97 Å². The smallest absolute Gasteiger partial charge is 0.276 e. The molecule has 0 aromatic carbocycles. The number of rotatable bonds is 3. The molecular formula is C13H12FN3O. The van der Waals surface area contributed by atoms with Crippen LogP contribution in [0.5, 0.6) is 0 Å². The lowest BCUT2D eigenvalue weighted by Gasteiger charge is -2.20. The molecule has 18 heavy (non-hydrogen) atoms. The van der Waals surface area contributed by atoms with Gasteiger partial charge in [0.25, 0.3) is 5.91 Å². The average Bonchev–Trinajstić information content (AvgIpc) is 2.41. The first-order valence-electron chi connectivity index (χ1n) is 5.57. The van der Waals surface area contributed by atoms with Gasteiger partial charge in [0, 0.05) is 24.6 Å². The predicted molar refractivity (Wildman–Crippen MR) is 65.8 cm³/mol. The Balaban J connectivity index is 2.32. The first kappa shape index (κ1) is 12.2. The molecule has 0 bridgehead atoms. The maximum Gasteiger partial charge on any atom is 0.276 e. The Morgan fingerprint density at radius 1 is 1.28 bits per heavy atom. The van der Waals surface area contributed by atoms with Gasteiger partial charge in [0.1, 0.15) is 5.69 Å². The van der Waals surface area contributed by atoms with Crippen LogP contribution < -0.4 is 4.90 Å². The maximum atomic E-state index is 13.0. The third-order valence-corrected chi connectivity index (χ3v) is 2.47. The van der Waals surface area contributed by atoms with E-state index in [9.17, 15) is 9.18 Å². The summed E-state index contributed by atoms with van der Waals surface area (Å²) in [5.74, 6) is -0.991. The molecule has 2 rings (SSSR count). The molecular weight excluding hydrogens is 233 g/mol. The molecule has 0 N–H and O–H groups in total. The molecule has 2 aromatic rings. The monoisotopic (exact) mass is 245 g/mol. The average molecular weight is 245 g/mol. The van der Waals surface area contributed by atoms with Gasteiger partial charge in [-0.2, -0.15) is 4.39 Å². The van der Waals surface area contributed by atoms with Crippen LogP contribution >= 0.6 is 0 Å². The molecule has 0 aliphatic carbocycles. The van der Waals surface area contributed by atoms with E-state index in [-0.39, 0.29) is 11.6 Å². The molecule has 0 spiro atoms. The maximum absolute atomic E-state index is 13.0. The van der Waals surface area contributed by atoms with Crippen LogP contribution in [0.4, 0.5) is 10.1 Å². The molecule has 2 heterocycles. The predicted octanol–water partition coefficient (Wildman–Crippen LogP) is 2.28. The molecule has 0 unspecified atom stereocenters. The molecule has 0 saturated heterocycles. The van der Waals surface area contributed by atoms with E-state index in [1.807, 2.05) is 6.92 Å². The Labute approximate surface area is 104 Å². The van der Waals surface area contributed by atoms with Crippen molar-refractivity contribution < 1.29 is 9.18 Å². The van der Waals surface area contributed by atoms with E-state index in [2.05, 4.69) is 9.97 Å². The molecule has 0 radical (unpaired) electrons. The topological polar surface area (TPSA) is 46.1 Å². The van der Waals surface area contributed by atoms with Crippen LogP contribution in [0.25, 0.3) is 0 Å². The molecule has 0 saturated carbocycles. The van der Waals surface area contributed by atoms with Crippen LogP contribution in [-0.2, 0) is 0 Å². The number of amides is 1. The number of aromatic nitrogens is 2. The summed E-state index contributed by atoms with van der Waals surface area (Å²) in [6.45, 7) is 2.32. The van der Waals surface area contributed by atoms with Crippen LogP contribution in [0.1, 0.15) is 17.4 Å². The van der Waals surface area contributed by atoms with Crippen molar-refractivity contribution in [2.45, 2.75) is 6.92 Å². The zero-order chi connectivity index (χ0) is 13.0. The molecule has 2 aromatic heterocycles. The van der Waals surface area contributed by atoms with Gasteiger partial charge in [-0.1, -0.05) is 6.07 Å². The van der Waals surface area contributed by atoms with E-state index >= 15 is 0 Å². The largest absolute Gasteiger partial charge is 0.307 e. The highest BCUT2D eigenvalue weighted by Crippen LogP contribution is 2.14. The highest BCUT2D eigenvalue weighted by atomic mass is 19.1. The van der Waals surface area contributed by atoms with Gasteiger partial charge in [-0.3, -0.25) is 9.78 Å². The van der Waals surface area contributed by atoms with Gasteiger partial charge < -0.3 is 4.90 Å². The number of carbonyl (C=O) groups excluding carboxylic acids is 1. The van der Waals surface area contributed by atoms with Gasteiger partial charge in [0.05, 0.1) is 0 Å². The first-order valence-corrected chi connectivity index (χ1v) is 5.57. The van der Waals surface area contributed by atoms with Crippen molar-refractivity contribution in [3.63, 3.8) is 0 Å². The molecule has 92 valence electrons. The standard InChI is InChI=1S/C13H12FN3O/c1-2-17(10-6-8-15-9-7-10)13(18)11-4-3-5-12(14)16-11/h3-9H,2H2,1H3. The number of nitrogens with zero attached hydrogens (tertiary/aromatic N) is 3. The molecule has 0 atom stereocenters. The fraction of sp³-hybridized carbons (Fsp3) is 0.154. The third-order valence-electron chi connectivity index (χ3n) is 2.47. The summed E-state index contributed by atoms with van der Waals surface area (Å²) < 4.78 is 13.0. The Morgan fingerprint density at radius 3 is 2.61 bits per heavy atom. The molecule has 0 aliphatic rings. The summed E-state index contributed by atoms with van der Waals surface area (Å²) >= 11 is 0. The summed E-state index contributed by atoms with van der Waals surface area (Å²) in [5, 5.41) is 0. The highest BCUT2D eigenvalue weighted by molar-refractivity contribution is 6.04. The second kappa shape index (κ2) is 5.35. The Morgan fingerprint density at radius 2 is 2.00 bits per heavy atom. The number of hydrogen-bond acceptors (Lipinski definition) is 3. The highest BCUT2D eigenvalue weighted by Gasteiger charge is 2.17. The Kier molecular flexibility index (Phi) is 3.62. The van der Waals surface area contributed by atoms with Crippen LogP contribution in [0, 0.1) is 5.95 Å². The number of carbonyl (C=O) groups is 1. The second-order valence-electron chi connectivity index (χ2n) is 3.60. The van der Waals surface area contributed by atoms with E-state index in [1.54, 1.807) is 24.5 Å². The summed E-state index contributed by atoms with van der Waals surface area (Å²) in [4.78, 5) is 21.2. The van der Waals surface area contributed by atoms with Crippen LogP contribution in [0.3, 0.4) is 0 Å². The van der Waals surface area contributed by atoms with Gasteiger partial charge in [-0.25, -0.2) is 4.98 Å². The van der Waals surface area contributed by atoms with E-state index in [0.29, 0.717) is 12.2 Å². The quantitative estimate of drug-likeness (QED) is 0.779. The van der Waals surface area contributed by atoms with Gasteiger partial charge in [0.2, 0.25) is 5.95 Å². The number of halogens is 1. The number of pyridine rings is 2. The Hall–Kier alpha value is -2.30. The minimum atomic E-state index is -0.661. The number of hydrogen-bond donors (Lipinski definition) is 0. The molecule has 4 nitrogen and oxygen atoms in total. The summed E-state index contributed by atoms with van der Waals surface area (Å²) in [5.41, 5.74) is 0.803. The van der Waals surface area contributed by atoms with E-state index in [1.165, 1.54) is 23.1 Å². The Bertz CT molecular complexity index is 545. The summed E-state index contributed by atoms with van der Waals surface area (Å²) in [6, 6.07) is 7.62. The van der Waals surface area contributed by atoms with Crippen molar-refractivity contribution in [2.24, 2.45) is 0 Å². The van der Waals surface area contributed by atoms with Gasteiger partial charge in [-0.15, -0.1) is 0 Å². The minimum absolute atomic E-state index is 0.0914. The minimum Gasteiger partial charge on any atom is -0.307 e. The summed E-state index contributed by atoms with van der Waals surface area (Å²) in [7, 11) is 0. The van der Waals surface area contributed by atoms with Crippen molar-refractivity contribution >= 4 is 11.6 Å². The van der Waals surface area contributed by atoms with Crippen LogP contribution in [0.15, 0.2) is 42.7 Å². The fourth-order valence-corrected chi connectivity index (χ4v) is 1.63. The second-order valence-corrected chi connectivity index (χ2v) is 3.60. The normalized spacial score (nSPS) is 10.1. The molecule has 1 amide bonds. The lowest BCUT2D eigenvalue weighted by atomic mass is 10.2. The van der Waals surface area contributed by atoms with Crippen LogP contribution in [0.2, 0.25) is 0 Å². The van der Waals surface area contributed by atoms with Crippen molar-refractivity contribution in [2.75, 3.05) is 11.4 Å². The lowest BCUT2D eigenvalue weighted by Crippen LogP contribution is -2.31. The lowest BCUT2D eigenvalue weighted by molar-refractivity contribution is 0.0982. The van der Waals surface area contributed by atoms with Crippen molar-refractivity contribution in [3.05, 3.63) is 54.4 Å². The van der Waals surface area contributed by atoms with Crippen molar-refractivity contribution in [1.29, 1.82) is 0 Å². The fourth-order valence-electron chi connectivity index (χ4n) is 1.63. The molecule has 0 fully saturated rings. The van der Waals surface area contributed by atoms with E-state index < -0.39 is 5.95 Å². The van der Waals surface area contributed by atoms with Crippen molar-refractivity contribution in [3.8, 4) is 0 Å². The zero-order valence-electron chi connectivity index (χ0n) is 9.88. The summed E-state index contributed by atoms with van der Waals surface area (Å²) in [6.07, 6.45) is 3.20. The van der Waals surface area contributed by atoms with E-state index in [4.69, 9.17) is 0 Å². The van der Waals surface area contributed by atoms with Crippen LogP contribution in [-0.4, -0.2) is 22.4 Å². The van der Waals surface area contributed by atoms with Gasteiger partial charge in [0.15, 0.2) is 0 Å². The first-order chi connectivity index (χ1) is 8.72. The molecule has 0 aliphatic heterocycles. The third kappa shape index (κ3) is 2.51. The SMILES string of the molecule is CCN(C(=O)c1cccc(F)n1)c1ccncc1. The number of anilines is 1.